The maximum absolute atomic E-state index is 12.2. The zero-order valence-electron chi connectivity index (χ0n) is 12.1. The van der Waals surface area contributed by atoms with Crippen LogP contribution in [0.3, 0.4) is 0 Å². The predicted molar refractivity (Wildman–Crippen MR) is 84.1 cm³/mol. The van der Waals surface area contributed by atoms with Gasteiger partial charge in [0.2, 0.25) is 5.95 Å². The number of nitrogens with one attached hydrogen (secondary N) is 1. The van der Waals surface area contributed by atoms with E-state index >= 15 is 0 Å². The second-order valence-electron chi connectivity index (χ2n) is 5.02. The highest BCUT2D eigenvalue weighted by molar-refractivity contribution is 7.17. The number of carboxylic acid groups (broad SMARTS) is 1. The van der Waals surface area contributed by atoms with Crippen molar-refractivity contribution in [3.8, 4) is 0 Å². The molecular weight excluding hydrogens is 304 g/mol. The van der Waals surface area contributed by atoms with Crippen molar-refractivity contribution in [1.82, 2.24) is 15.3 Å². The highest BCUT2D eigenvalue weighted by atomic mass is 32.1. The van der Waals surface area contributed by atoms with Crippen LogP contribution < -0.4 is 10.2 Å². The van der Waals surface area contributed by atoms with E-state index in [-0.39, 0.29) is 23.5 Å². The number of thiophene rings is 1. The van der Waals surface area contributed by atoms with Gasteiger partial charge in [-0.3, -0.25) is 4.79 Å². The number of fused-ring (bicyclic) bond motifs is 1. The van der Waals surface area contributed by atoms with Gasteiger partial charge in [-0.05, 0) is 0 Å². The Morgan fingerprint density at radius 3 is 2.73 bits per heavy atom. The van der Waals surface area contributed by atoms with Crippen LogP contribution in [0.2, 0.25) is 0 Å². The van der Waals surface area contributed by atoms with E-state index in [1.807, 2.05) is 4.90 Å². The number of ketones is 1. The van der Waals surface area contributed by atoms with E-state index in [0.717, 1.165) is 26.2 Å². The van der Waals surface area contributed by atoms with Gasteiger partial charge in [0.15, 0.2) is 5.78 Å². The van der Waals surface area contributed by atoms with Crippen LogP contribution in [0.1, 0.15) is 34.2 Å². The van der Waals surface area contributed by atoms with Crippen LogP contribution in [0.15, 0.2) is 5.38 Å². The fraction of sp³-hybridized carbons (Fsp3) is 0.429. The summed E-state index contributed by atoms with van der Waals surface area (Å²) < 4.78 is 0. The third kappa shape index (κ3) is 2.55. The summed E-state index contributed by atoms with van der Waals surface area (Å²) in [5, 5.41) is 14.4. The van der Waals surface area contributed by atoms with E-state index in [1.54, 1.807) is 6.92 Å². The molecular formula is C14H16N4O3S. The molecule has 3 rings (SSSR count). The van der Waals surface area contributed by atoms with Gasteiger partial charge in [0.1, 0.15) is 10.5 Å². The van der Waals surface area contributed by atoms with Gasteiger partial charge in [0.05, 0.1) is 10.9 Å². The topological polar surface area (TPSA) is 95.4 Å². The van der Waals surface area contributed by atoms with Gasteiger partial charge >= 0.3 is 5.97 Å². The molecule has 2 aromatic heterocycles. The maximum Gasteiger partial charge on any atom is 0.337 e. The van der Waals surface area contributed by atoms with Gasteiger partial charge < -0.3 is 15.3 Å². The second-order valence-corrected chi connectivity index (χ2v) is 5.88. The molecule has 8 heteroatoms. The molecule has 2 N–H and O–H groups in total. The first-order chi connectivity index (χ1) is 10.6. The number of rotatable bonds is 4. The number of carbonyl (C=O) groups is 2. The SMILES string of the molecule is CCC(=O)c1nc(N2CCNCC2)nc2scc(C(=O)O)c12. The molecule has 1 fully saturated rings. The summed E-state index contributed by atoms with van der Waals surface area (Å²) in [5.74, 6) is -0.718. The van der Waals surface area contributed by atoms with Crippen molar-refractivity contribution in [1.29, 1.82) is 0 Å². The lowest BCUT2D eigenvalue weighted by atomic mass is 10.1. The average molecular weight is 320 g/mol. The molecule has 2 aromatic rings. The van der Waals surface area contributed by atoms with Crippen molar-refractivity contribution in [3.63, 3.8) is 0 Å². The van der Waals surface area contributed by atoms with E-state index in [2.05, 4.69) is 15.3 Å². The predicted octanol–water partition coefficient (Wildman–Crippen LogP) is 1.39. The van der Waals surface area contributed by atoms with Gasteiger partial charge in [-0.25, -0.2) is 14.8 Å². The second kappa shape index (κ2) is 5.98. The molecule has 0 spiro atoms. The Kier molecular flexibility index (Phi) is 4.04. The summed E-state index contributed by atoms with van der Waals surface area (Å²) in [4.78, 5) is 35.0. The van der Waals surface area contributed by atoms with Crippen LogP contribution in [0, 0.1) is 0 Å². The fourth-order valence-corrected chi connectivity index (χ4v) is 3.37. The maximum atomic E-state index is 12.2. The number of nitrogens with zero attached hydrogens (tertiary/aromatic N) is 3. The van der Waals surface area contributed by atoms with Gasteiger partial charge in [-0.15, -0.1) is 11.3 Å². The molecule has 0 amide bonds. The fourth-order valence-electron chi connectivity index (χ4n) is 2.46. The molecule has 3 heterocycles. The van der Waals surface area contributed by atoms with Crippen LogP contribution in [0.4, 0.5) is 5.95 Å². The minimum Gasteiger partial charge on any atom is -0.478 e. The summed E-state index contributed by atoms with van der Waals surface area (Å²) in [5.41, 5.74) is 0.323. The Morgan fingerprint density at radius 2 is 2.09 bits per heavy atom. The number of hydrogen-bond donors (Lipinski definition) is 2. The molecule has 7 nitrogen and oxygen atoms in total. The molecule has 0 atom stereocenters. The summed E-state index contributed by atoms with van der Waals surface area (Å²) in [6.45, 7) is 4.95. The van der Waals surface area contributed by atoms with Crippen molar-refractivity contribution in [3.05, 3.63) is 16.6 Å². The number of aromatic nitrogens is 2. The lowest BCUT2D eigenvalue weighted by Crippen LogP contribution is -2.44. The molecule has 0 bridgehead atoms. The number of carboxylic acids is 1. The minimum absolute atomic E-state index is 0.101. The molecule has 22 heavy (non-hydrogen) atoms. The van der Waals surface area contributed by atoms with Crippen molar-refractivity contribution < 1.29 is 14.7 Å². The monoisotopic (exact) mass is 320 g/mol. The van der Waals surface area contributed by atoms with E-state index < -0.39 is 5.97 Å². The van der Waals surface area contributed by atoms with E-state index in [4.69, 9.17) is 0 Å². The first-order valence-electron chi connectivity index (χ1n) is 7.13. The Labute approximate surface area is 131 Å². The summed E-state index contributed by atoms with van der Waals surface area (Å²) in [6.07, 6.45) is 0.280. The number of hydrogen-bond acceptors (Lipinski definition) is 7. The Bertz CT molecular complexity index is 737. The van der Waals surface area contributed by atoms with Crippen molar-refractivity contribution in [2.24, 2.45) is 0 Å². The van der Waals surface area contributed by atoms with E-state index in [0.29, 0.717) is 16.2 Å². The lowest BCUT2D eigenvalue weighted by Gasteiger charge is -2.27. The van der Waals surface area contributed by atoms with Crippen LogP contribution in [0.25, 0.3) is 10.2 Å². The first-order valence-corrected chi connectivity index (χ1v) is 8.01. The molecule has 0 aromatic carbocycles. The number of carbonyl (C=O) groups excluding carboxylic acids is 1. The normalized spacial score (nSPS) is 15.2. The highest BCUT2D eigenvalue weighted by Crippen LogP contribution is 2.29. The molecule has 0 saturated carbocycles. The van der Waals surface area contributed by atoms with Gasteiger partial charge in [-0.2, -0.15) is 0 Å². The van der Waals surface area contributed by atoms with Crippen LogP contribution >= 0.6 is 11.3 Å². The summed E-state index contributed by atoms with van der Waals surface area (Å²) in [6, 6.07) is 0. The summed E-state index contributed by atoms with van der Waals surface area (Å²) in [7, 11) is 0. The standard InChI is InChI=1S/C14H16N4O3S/c1-2-9(19)11-10-8(13(20)21)7-22-12(10)17-14(16-11)18-5-3-15-4-6-18/h7,15H,2-6H2,1H3,(H,20,21). The lowest BCUT2D eigenvalue weighted by molar-refractivity contribution is 0.0699. The van der Waals surface area contributed by atoms with Crippen molar-refractivity contribution in [2.45, 2.75) is 13.3 Å². The van der Waals surface area contributed by atoms with E-state index in [1.165, 1.54) is 16.7 Å². The number of Topliss-reactive ketones (excluding diaryl/α,β-unsaturated/α-hetero) is 1. The zero-order valence-corrected chi connectivity index (χ0v) is 12.9. The third-order valence-corrected chi connectivity index (χ3v) is 4.51. The van der Waals surface area contributed by atoms with Crippen LogP contribution in [-0.2, 0) is 0 Å². The van der Waals surface area contributed by atoms with Crippen LogP contribution in [0.5, 0.6) is 0 Å². The van der Waals surface area contributed by atoms with Crippen LogP contribution in [-0.4, -0.2) is 53.0 Å². The minimum atomic E-state index is -1.06. The van der Waals surface area contributed by atoms with Crippen molar-refractivity contribution >= 4 is 39.3 Å². The number of aromatic carboxylic acids is 1. The molecule has 0 unspecified atom stereocenters. The average Bonchev–Trinajstić information content (AvgIpc) is 2.98. The molecule has 1 aliphatic rings. The van der Waals surface area contributed by atoms with Gasteiger partial charge in [0, 0.05) is 38.0 Å². The Morgan fingerprint density at radius 1 is 1.36 bits per heavy atom. The van der Waals surface area contributed by atoms with E-state index in [9.17, 15) is 14.7 Å². The molecule has 0 aliphatic carbocycles. The van der Waals surface area contributed by atoms with Crippen molar-refractivity contribution in [2.75, 3.05) is 31.1 Å². The largest absolute Gasteiger partial charge is 0.478 e. The first kappa shape index (κ1) is 14.9. The molecule has 1 saturated heterocycles. The molecule has 1 aliphatic heterocycles. The van der Waals surface area contributed by atoms with Gasteiger partial charge in [0.25, 0.3) is 0 Å². The highest BCUT2D eigenvalue weighted by Gasteiger charge is 2.23. The Hall–Kier alpha value is -2.06. The third-order valence-electron chi connectivity index (χ3n) is 3.64. The summed E-state index contributed by atoms with van der Waals surface area (Å²) >= 11 is 1.24. The molecule has 116 valence electrons. The smallest absolute Gasteiger partial charge is 0.337 e. The van der Waals surface area contributed by atoms with Gasteiger partial charge in [-0.1, -0.05) is 6.92 Å². The quantitative estimate of drug-likeness (QED) is 0.822. The zero-order chi connectivity index (χ0) is 15.7. The number of anilines is 1. The Balaban J connectivity index is 2.17. The number of piperazine rings is 1. The molecule has 0 radical (unpaired) electrons.